The van der Waals surface area contributed by atoms with E-state index in [2.05, 4.69) is 16.0 Å². The van der Waals surface area contributed by atoms with Crippen LogP contribution in [-0.4, -0.2) is 43.9 Å². The first-order valence-electron chi connectivity index (χ1n) is 8.48. The molecule has 0 unspecified atom stereocenters. The van der Waals surface area contributed by atoms with Crippen LogP contribution in [-0.2, 0) is 14.6 Å². The van der Waals surface area contributed by atoms with E-state index in [1.54, 1.807) is 24.3 Å². The minimum atomic E-state index is -3.08. The quantitative estimate of drug-likeness (QED) is 0.679. The zero-order chi connectivity index (χ0) is 19.3. The van der Waals surface area contributed by atoms with Crippen molar-refractivity contribution in [3.8, 4) is 0 Å². The standard InChI is InChI=1S/C17H24ClN3O4S/c1-11(2)8-15(16(22)19-13-5-3-4-12(18)9-13)21-17(23)20-14-6-7-26(24,25)10-14/h3-5,9,11,14-15H,6-8,10H2,1-2H3,(H,19,22)(H2,20,21,23)/t14-,15-/m0/s1. The lowest BCUT2D eigenvalue weighted by Gasteiger charge is -2.21. The molecule has 7 nitrogen and oxygen atoms in total. The van der Waals surface area contributed by atoms with Gasteiger partial charge in [0.25, 0.3) is 0 Å². The van der Waals surface area contributed by atoms with Crippen molar-refractivity contribution >= 4 is 39.1 Å². The third-order valence-corrected chi connectivity index (χ3v) is 5.99. The maximum atomic E-state index is 12.5. The summed E-state index contributed by atoms with van der Waals surface area (Å²) in [7, 11) is -3.08. The maximum absolute atomic E-state index is 12.5. The van der Waals surface area contributed by atoms with Crippen LogP contribution in [0.5, 0.6) is 0 Å². The van der Waals surface area contributed by atoms with E-state index in [4.69, 9.17) is 11.6 Å². The zero-order valence-corrected chi connectivity index (χ0v) is 16.4. The molecule has 1 aromatic carbocycles. The average molecular weight is 402 g/mol. The fraction of sp³-hybridized carbons (Fsp3) is 0.529. The fourth-order valence-electron chi connectivity index (χ4n) is 2.79. The molecule has 2 atom stereocenters. The molecule has 0 spiro atoms. The number of benzene rings is 1. The van der Waals surface area contributed by atoms with E-state index in [0.29, 0.717) is 23.6 Å². The monoisotopic (exact) mass is 401 g/mol. The molecular weight excluding hydrogens is 378 g/mol. The number of halogens is 1. The Morgan fingerprint density at radius 2 is 2.04 bits per heavy atom. The second-order valence-corrected chi connectivity index (χ2v) is 9.56. The van der Waals surface area contributed by atoms with Gasteiger partial charge in [-0.05, 0) is 37.0 Å². The van der Waals surface area contributed by atoms with Crippen LogP contribution in [0.25, 0.3) is 0 Å². The second-order valence-electron chi connectivity index (χ2n) is 6.90. The lowest BCUT2D eigenvalue weighted by atomic mass is 10.0. The molecule has 0 radical (unpaired) electrons. The lowest BCUT2D eigenvalue weighted by molar-refractivity contribution is -0.118. The summed E-state index contributed by atoms with van der Waals surface area (Å²) >= 11 is 5.91. The summed E-state index contributed by atoms with van der Waals surface area (Å²) in [5.41, 5.74) is 0.542. The Morgan fingerprint density at radius 3 is 2.62 bits per heavy atom. The molecule has 0 aliphatic carbocycles. The van der Waals surface area contributed by atoms with Gasteiger partial charge in [-0.25, -0.2) is 13.2 Å². The van der Waals surface area contributed by atoms with Crippen LogP contribution in [0.1, 0.15) is 26.7 Å². The minimum absolute atomic E-state index is 0.0655. The van der Waals surface area contributed by atoms with E-state index in [-0.39, 0.29) is 23.3 Å². The van der Waals surface area contributed by atoms with Gasteiger partial charge in [0, 0.05) is 16.8 Å². The molecule has 26 heavy (non-hydrogen) atoms. The average Bonchev–Trinajstić information content (AvgIpc) is 2.84. The Morgan fingerprint density at radius 1 is 1.31 bits per heavy atom. The number of rotatable bonds is 6. The van der Waals surface area contributed by atoms with Crippen LogP contribution < -0.4 is 16.0 Å². The summed E-state index contributed by atoms with van der Waals surface area (Å²) in [6.45, 7) is 3.89. The molecule has 1 fully saturated rings. The van der Waals surface area contributed by atoms with E-state index in [1.807, 2.05) is 13.8 Å². The molecule has 2 rings (SSSR count). The molecule has 144 valence electrons. The van der Waals surface area contributed by atoms with Crippen molar-refractivity contribution in [2.45, 2.75) is 38.8 Å². The lowest BCUT2D eigenvalue weighted by Crippen LogP contribution is -2.51. The summed E-state index contributed by atoms with van der Waals surface area (Å²) < 4.78 is 23.0. The molecule has 0 bridgehead atoms. The first-order valence-corrected chi connectivity index (χ1v) is 10.7. The summed E-state index contributed by atoms with van der Waals surface area (Å²) in [4.78, 5) is 24.7. The number of carbonyl (C=O) groups is 2. The first-order chi connectivity index (χ1) is 12.1. The minimum Gasteiger partial charge on any atom is -0.334 e. The smallest absolute Gasteiger partial charge is 0.315 e. The Bertz CT molecular complexity index is 767. The van der Waals surface area contributed by atoms with Crippen LogP contribution >= 0.6 is 11.6 Å². The summed E-state index contributed by atoms with van der Waals surface area (Å²) in [6.07, 6.45) is 0.835. The van der Waals surface area contributed by atoms with Crippen molar-refractivity contribution in [3.05, 3.63) is 29.3 Å². The third-order valence-electron chi connectivity index (χ3n) is 3.99. The van der Waals surface area contributed by atoms with E-state index in [0.717, 1.165) is 0 Å². The predicted octanol–water partition coefficient (Wildman–Crippen LogP) is 2.18. The van der Waals surface area contributed by atoms with Crippen LogP contribution in [0, 0.1) is 5.92 Å². The summed E-state index contributed by atoms with van der Waals surface area (Å²) in [5, 5.41) is 8.52. The molecule has 1 heterocycles. The van der Waals surface area contributed by atoms with E-state index < -0.39 is 28.0 Å². The van der Waals surface area contributed by atoms with Gasteiger partial charge in [-0.2, -0.15) is 0 Å². The normalized spacial score (nSPS) is 19.8. The molecule has 0 aromatic heterocycles. The number of urea groups is 1. The van der Waals surface area contributed by atoms with Crippen molar-refractivity contribution in [1.82, 2.24) is 10.6 Å². The first kappa shape index (κ1) is 20.5. The third kappa shape index (κ3) is 6.49. The molecule has 1 aliphatic heterocycles. The molecule has 1 aromatic rings. The molecule has 3 amide bonds. The highest BCUT2D eigenvalue weighted by Crippen LogP contribution is 2.16. The van der Waals surface area contributed by atoms with E-state index in [1.165, 1.54) is 0 Å². The Hall–Kier alpha value is -1.80. The van der Waals surface area contributed by atoms with Crippen LogP contribution in [0.3, 0.4) is 0 Å². The van der Waals surface area contributed by atoms with Gasteiger partial charge in [-0.15, -0.1) is 0 Å². The highest BCUT2D eigenvalue weighted by atomic mass is 35.5. The molecule has 3 N–H and O–H groups in total. The Kier molecular flexibility index (Phi) is 6.88. The van der Waals surface area contributed by atoms with Crippen LogP contribution in [0.15, 0.2) is 24.3 Å². The number of nitrogens with one attached hydrogen (secondary N) is 3. The van der Waals surface area contributed by atoms with Gasteiger partial charge in [0.1, 0.15) is 6.04 Å². The second kappa shape index (κ2) is 8.73. The fourth-order valence-corrected chi connectivity index (χ4v) is 4.66. The number of hydrogen-bond donors (Lipinski definition) is 3. The van der Waals surface area contributed by atoms with Gasteiger partial charge in [0.2, 0.25) is 5.91 Å². The van der Waals surface area contributed by atoms with Gasteiger partial charge >= 0.3 is 6.03 Å². The number of carbonyl (C=O) groups excluding carboxylic acids is 2. The maximum Gasteiger partial charge on any atom is 0.315 e. The zero-order valence-electron chi connectivity index (χ0n) is 14.8. The largest absolute Gasteiger partial charge is 0.334 e. The van der Waals surface area contributed by atoms with Gasteiger partial charge in [-0.3, -0.25) is 4.79 Å². The molecule has 0 saturated carbocycles. The van der Waals surface area contributed by atoms with Crippen molar-refractivity contribution in [1.29, 1.82) is 0 Å². The highest BCUT2D eigenvalue weighted by molar-refractivity contribution is 7.91. The van der Waals surface area contributed by atoms with E-state index in [9.17, 15) is 18.0 Å². The van der Waals surface area contributed by atoms with Gasteiger partial charge in [0.05, 0.1) is 11.5 Å². The van der Waals surface area contributed by atoms with Crippen molar-refractivity contribution in [3.63, 3.8) is 0 Å². The predicted molar refractivity (Wildman–Crippen MR) is 102 cm³/mol. The SMILES string of the molecule is CC(C)C[C@H](NC(=O)N[C@H]1CCS(=O)(=O)C1)C(=O)Nc1cccc(Cl)c1. The summed E-state index contributed by atoms with van der Waals surface area (Å²) in [5.74, 6) is -0.167. The topological polar surface area (TPSA) is 104 Å². The van der Waals surface area contributed by atoms with Gasteiger partial charge < -0.3 is 16.0 Å². The highest BCUT2D eigenvalue weighted by Gasteiger charge is 2.30. The van der Waals surface area contributed by atoms with Crippen molar-refractivity contribution in [2.24, 2.45) is 5.92 Å². The van der Waals surface area contributed by atoms with Gasteiger partial charge in [-0.1, -0.05) is 31.5 Å². The van der Waals surface area contributed by atoms with Gasteiger partial charge in [0.15, 0.2) is 9.84 Å². The molecule has 1 aliphatic rings. The Balaban J connectivity index is 1.97. The summed E-state index contributed by atoms with van der Waals surface area (Å²) in [6, 6.07) is 5.04. The number of anilines is 1. The van der Waals surface area contributed by atoms with Crippen molar-refractivity contribution in [2.75, 3.05) is 16.8 Å². The van der Waals surface area contributed by atoms with Crippen LogP contribution in [0.2, 0.25) is 5.02 Å². The van der Waals surface area contributed by atoms with Crippen LogP contribution in [0.4, 0.5) is 10.5 Å². The van der Waals surface area contributed by atoms with Crippen molar-refractivity contribution < 1.29 is 18.0 Å². The number of hydrogen-bond acceptors (Lipinski definition) is 4. The number of amides is 3. The molecule has 9 heteroatoms. The van der Waals surface area contributed by atoms with E-state index >= 15 is 0 Å². The molecular formula is C17H24ClN3O4S. The Labute approximate surface area is 158 Å². The number of sulfone groups is 1. The molecule has 1 saturated heterocycles.